The van der Waals surface area contributed by atoms with Gasteiger partial charge in [-0.05, 0) is 44.0 Å². The van der Waals surface area contributed by atoms with Crippen molar-refractivity contribution in [2.24, 2.45) is 4.99 Å². The fraction of sp³-hybridized carbons (Fsp3) is 0.409. The molecule has 0 bridgehead atoms. The first-order chi connectivity index (χ1) is 14.2. The molecular weight excluding hydrogens is 362 g/mol. The van der Waals surface area contributed by atoms with Crippen LogP contribution < -0.4 is 15.5 Å². The van der Waals surface area contributed by atoms with E-state index in [0.717, 1.165) is 49.9 Å². The summed E-state index contributed by atoms with van der Waals surface area (Å²) < 4.78 is 2.03. The number of pyridine rings is 1. The van der Waals surface area contributed by atoms with E-state index in [-0.39, 0.29) is 0 Å². The monoisotopic (exact) mass is 391 g/mol. The molecule has 4 rings (SSSR count). The molecule has 3 aromatic rings. The minimum absolute atomic E-state index is 0.380. The van der Waals surface area contributed by atoms with Gasteiger partial charge in [-0.2, -0.15) is 0 Å². The molecule has 1 aromatic carbocycles. The zero-order valence-electron chi connectivity index (χ0n) is 17.2. The Hall–Kier alpha value is -3.09. The van der Waals surface area contributed by atoms with Crippen molar-refractivity contribution in [3.05, 3.63) is 60.0 Å². The Morgan fingerprint density at radius 3 is 2.86 bits per heavy atom. The lowest BCUT2D eigenvalue weighted by Crippen LogP contribution is -2.51. The topological polar surface area (TPSA) is 69.8 Å². The van der Waals surface area contributed by atoms with Gasteiger partial charge in [0.1, 0.15) is 5.82 Å². The van der Waals surface area contributed by atoms with E-state index in [1.807, 2.05) is 35.8 Å². The summed E-state index contributed by atoms with van der Waals surface area (Å²) in [5, 5.41) is 15.5. The number of benzene rings is 1. The Bertz CT molecular complexity index is 961. The molecule has 2 N–H and O–H groups in total. The van der Waals surface area contributed by atoms with Gasteiger partial charge in [-0.15, -0.1) is 10.2 Å². The number of aliphatic imine (C=N–C) groups is 1. The standard InChI is InChI=1S/C22H29N7/c1-17-8-10-19(11-9-17)28-14-5-6-18(16-28)25-22(23-2)24-13-12-21-27-26-20-7-3-4-15-29(20)21/h3-4,7-11,15,18H,5-6,12-14,16H2,1-2H3,(H2,23,24,25). The fourth-order valence-electron chi connectivity index (χ4n) is 3.83. The molecule has 0 amide bonds. The van der Waals surface area contributed by atoms with Gasteiger partial charge < -0.3 is 15.5 Å². The lowest BCUT2D eigenvalue weighted by molar-refractivity contribution is 0.468. The smallest absolute Gasteiger partial charge is 0.191 e. The number of anilines is 1. The Morgan fingerprint density at radius 1 is 1.17 bits per heavy atom. The number of nitrogens with one attached hydrogen (secondary N) is 2. The molecule has 0 aliphatic carbocycles. The van der Waals surface area contributed by atoms with Gasteiger partial charge in [-0.25, -0.2) is 0 Å². The second-order valence-corrected chi connectivity index (χ2v) is 7.56. The maximum Gasteiger partial charge on any atom is 0.191 e. The average molecular weight is 392 g/mol. The first-order valence-corrected chi connectivity index (χ1v) is 10.3. The maximum atomic E-state index is 4.41. The molecule has 7 heteroatoms. The van der Waals surface area contributed by atoms with Gasteiger partial charge in [0.25, 0.3) is 0 Å². The zero-order valence-corrected chi connectivity index (χ0v) is 17.2. The fourth-order valence-corrected chi connectivity index (χ4v) is 3.83. The van der Waals surface area contributed by atoms with Crippen LogP contribution in [0.2, 0.25) is 0 Å². The molecule has 1 aliphatic heterocycles. The molecule has 29 heavy (non-hydrogen) atoms. The first-order valence-electron chi connectivity index (χ1n) is 10.3. The van der Waals surface area contributed by atoms with Gasteiger partial charge in [0.15, 0.2) is 11.6 Å². The number of aryl methyl sites for hydroxylation is 1. The molecule has 1 saturated heterocycles. The molecule has 3 heterocycles. The molecule has 2 aromatic heterocycles. The minimum atomic E-state index is 0.380. The van der Waals surface area contributed by atoms with Crippen LogP contribution >= 0.6 is 0 Å². The summed E-state index contributed by atoms with van der Waals surface area (Å²) in [6.45, 7) is 4.97. The maximum absolute atomic E-state index is 4.41. The molecule has 0 radical (unpaired) electrons. The third kappa shape index (κ3) is 4.67. The zero-order chi connectivity index (χ0) is 20.1. The van der Waals surface area contributed by atoms with Crippen molar-refractivity contribution in [3.8, 4) is 0 Å². The van der Waals surface area contributed by atoms with Gasteiger partial charge in [0, 0.05) is 51.0 Å². The summed E-state index contributed by atoms with van der Waals surface area (Å²) >= 11 is 0. The second-order valence-electron chi connectivity index (χ2n) is 7.56. The summed E-state index contributed by atoms with van der Waals surface area (Å²) in [6, 6.07) is 15.1. The summed E-state index contributed by atoms with van der Waals surface area (Å²) in [5.41, 5.74) is 3.47. The normalized spacial score (nSPS) is 17.5. The van der Waals surface area contributed by atoms with Crippen LogP contribution in [0.5, 0.6) is 0 Å². The van der Waals surface area contributed by atoms with Crippen LogP contribution in [0.1, 0.15) is 24.2 Å². The number of nitrogens with zero attached hydrogens (tertiary/aromatic N) is 5. The van der Waals surface area contributed by atoms with E-state index in [4.69, 9.17) is 0 Å². The highest BCUT2D eigenvalue weighted by Gasteiger charge is 2.21. The van der Waals surface area contributed by atoms with E-state index < -0.39 is 0 Å². The molecule has 152 valence electrons. The SMILES string of the molecule is CN=C(NCCc1nnc2ccccn12)NC1CCCN(c2ccc(C)cc2)C1. The van der Waals surface area contributed by atoms with E-state index in [0.29, 0.717) is 6.04 Å². The number of piperidine rings is 1. The van der Waals surface area contributed by atoms with Crippen LogP contribution in [0.25, 0.3) is 5.65 Å². The van der Waals surface area contributed by atoms with Gasteiger partial charge in [0.2, 0.25) is 0 Å². The van der Waals surface area contributed by atoms with Gasteiger partial charge in [-0.1, -0.05) is 23.8 Å². The van der Waals surface area contributed by atoms with E-state index in [2.05, 4.69) is 61.9 Å². The van der Waals surface area contributed by atoms with Gasteiger partial charge >= 0.3 is 0 Å². The van der Waals surface area contributed by atoms with Crippen molar-refractivity contribution < 1.29 is 0 Å². The van der Waals surface area contributed by atoms with Crippen LogP contribution in [-0.4, -0.2) is 53.3 Å². The van der Waals surface area contributed by atoms with Crippen molar-refractivity contribution >= 4 is 17.3 Å². The van der Waals surface area contributed by atoms with E-state index >= 15 is 0 Å². The second kappa shape index (κ2) is 8.94. The van der Waals surface area contributed by atoms with Gasteiger partial charge in [0.05, 0.1) is 0 Å². The molecule has 1 aliphatic rings. The molecule has 1 atom stereocenters. The number of fused-ring (bicyclic) bond motifs is 1. The predicted molar refractivity (Wildman–Crippen MR) is 118 cm³/mol. The summed E-state index contributed by atoms with van der Waals surface area (Å²) in [5.74, 6) is 1.79. The number of rotatable bonds is 5. The van der Waals surface area contributed by atoms with E-state index in [1.165, 1.54) is 17.7 Å². The van der Waals surface area contributed by atoms with Crippen molar-refractivity contribution in [2.75, 3.05) is 31.6 Å². The van der Waals surface area contributed by atoms with Crippen molar-refractivity contribution in [3.63, 3.8) is 0 Å². The molecule has 0 spiro atoms. The molecular formula is C22H29N7. The third-order valence-corrected chi connectivity index (χ3v) is 5.41. The Labute approximate surface area is 171 Å². The summed E-state index contributed by atoms with van der Waals surface area (Å²) in [4.78, 5) is 6.86. The molecule has 7 nitrogen and oxygen atoms in total. The van der Waals surface area contributed by atoms with E-state index in [9.17, 15) is 0 Å². The Morgan fingerprint density at radius 2 is 2.03 bits per heavy atom. The Kier molecular flexibility index (Phi) is 5.93. The van der Waals surface area contributed by atoms with Crippen LogP contribution in [-0.2, 0) is 6.42 Å². The van der Waals surface area contributed by atoms with Crippen LogP contribution in [0.15, 0.2) is 53.7 Å². The lowest BCUT2D eigenvalue weighted by Gasteiger charge is -2.35. The van der Waals surface area contributed by atoms with Crippen molar-refractivity contribution in [1.29, 1.82) is 0 Å². The van der Waals surface area contributed by atoms with Crippen molar-refractivity contribution in [2.45, 2.75) is 32.2 Å². The number of hydrogen-bond acceptors (Lipinski definition) is 4. The third-order valence-electron chi connectivity index (χ3n) is 5.41. The minimum Gasteiger partial charge on any atom is -0.369 e. The Balaban J connectivity index is 1.30. The quantitative estimate of drug-likeness (QED) is 0.516. The lowest BCUT2D eigenvalue weighted by atomic mass is 10.0. The number of aromatic nitrogens is 3. The van der Waals surface area contributed by atoms with Crippen LogP contribution in [0, 0.1) is 6.92 Å². The predicted octanol–water partition coefficient (Wildman–Crippen LogP) is 2.41. The first kappa shape index (κ1) is 19.2. The van der Waals surface area contributed by atoms with Gasteiger partial charge in [-0.3, -0.25) is 9.39 Å². The molecule has 1 unspecified atom stereocenters. The molecule has 0 saturated carbocycles. The highest BCUT2D eigenvalue weighted by atomic mass is 15.3. The van der Waals surface area contributed by atoms with E-state index in [1.54, 1.807) is 0 Å². The average Bonchev–Trinajstić information content (AvgIpc) is 3.17. The highest BCUT2D eigenvalue weighted by molar-refractivity contribution is 5.80. The van der Waals surface area contributed by atoms with Crippen LogP contribution in [0.4, 0.5) is 5.69 Å². The summed E-state index contributed by atoms with van der Waals surface area (Å²) in [7, 11) is 1.82. The molecule has 1 fully saturated rings. The van der Waals surface area contributed by atoms with Crippen molar-refractivity contribution in [1.82, 2.24) is 25.2 Å². The highest BCUT2D eigenvalue weighted by Crippen LogP contribution is 2.20. The largest absolute Gasteiger partial charge is 0.369 e. The summed E-state index contributed by atoms with van der Waals surface area (Å²) in [6.07, 6.45) is 5.11. The van der Waals surface area contributed by atoms with Crippen LogP contribution in [0.3, 0.4) is 0 Å². The number of guanidine groups is 1. The number of hydrogen-bond donors (Lipinski definition) is 2.